The van der Waals surface area contributed by atoms with Crippen LogP contribution in [0.15, 0.2) is 77.7 Å². The molecule has 4 rings (SSSR count). The molecule has 0 unspecified atom stereocenters. The van der Waals surface area contributed by atoms with E-state index in [0.29, 0.717) is 35.0 Å². The molecule has 1 amide bonds. The van der Waals surface area contributed by atoms with Crippen molar-refractivity contribution >= 4 is 21.6 Å². The van der Waals surface area contributed by atoms with Crippen molar-refractivity contribution in [1.82, 2.24) is 4.31 Å². The molecule has 160 valence electrons. The van der Waals surface area contributed by atoms with Gasteiger partial charge in [0.15, 0.2) is 0 Å². The molecule has 1 aliphatic rings. The Morgan fingerprint density at radius 1 is 0.903 bits per heavy atom. The van der Waals surface area contributed by atoms with E-state index in [9.17, 15) is 13.2 Å². The first-order valence-electron chi connectivity index (χ1n) is 10.1. The van der Waals surface area contributed by atoms with E-state index in [4.69, 9.17) is 4.74 Å². The van der Waals surface area contributed by atoms with Crippen LogP contribution in [-0.4, -0.2) is 38.8 Å². The van der Waals surface area contributed by atoms with Crippen LogP contribution in [0.5, 0.6) is 5.75 Å². The van der Waals surface area contributed by atoms with Crippen molar-refractivity contribution < 1.29 is 17.9 Å². The van der Waals surface area contributed by atoms with Crippen molar-refractivity contribution in [3.8, 4) is 16.9 Å². The summed E-state index contributed by atoms with van der Waals surface area (Å²) in [5, 5.41) is 2.87. The Morgan fingerprint density at radius 2 is 1.61 bits per heavy atom. The molecule has 31 heavy (non-hydrogen) atoms. The molecule has 0 aromatic heterocycles. The molecule has 7 heteroatoms. The topological polar surface area (TPSA) is 75.7 Å². The zero-order chi connectivity index (χ0) is 21.8. The maximum atomic E-state index is 12.7. The van der Waals surface area contributed by atoms with Gasteiger partial charge in [-0.2, -0.15) is 4.31 Å². The highest BCUT2D eigenvalue weighted by Crippen LogP contribution is 2.26. The summed E-state index contributed by atoms with van der Waals surface area (Å²) in [6.07, 6.45) is 1.81. The summed E-state index contributed by atoms with van der Waals surface area (Å²) in [6, 6.07) is 21.2. The van der Waals surface area contributed by atoms with Crippen molar-refractivity contribution in [3.05, 3.63) is 78.4 Å². The SMILES string of the molecule is COc1cccc(NC(=O)c2cccc(-c3ccc(S(=O)(=O)N4CCCC4)cc3)c2)c1. The van der Waals surface area contributed by atoms with Gasteiger partial charge in [0, 0.05) is 30.4 Å². The number of methoxy groups -OCH3 is 1. The smallest absolute Gasteiger partial charge is 0.255 e. The lowest BCUT2D eigenvalue weighted by atomic mass is 10.0. The molecule has 0 bridgehead atoms. The number of ether oxygens (including phenoxy) is 1. The molecule has 0 aliphatic carbocycles. The van der Waals surface area contributed by atoms with Gasteiger partial charge in [-0.15, -0.1) is 0 Å². The third-order valence-corrected chi connectivity index (χ3v) is 7.26. The highest BCUT2D eigenvalue weighted by molar-refractivity contribution is 7.89. The number of nitrogens with zero attached hydrogens (tertiary/aromatic N) is 1. The Labute approximate surface area is 182 Å². The van der Waals surface area contributed by atoms with Gasteiger partial charge in [0.05, 0.1) is 12.0 Å². The fourth-order valence-electron chi connectivity index (χ4n) is 3.64. The number of benzene rings is 3. The lowest BCUT2D eigenvalue weighted by molar-refractivity contribution is 0.102. The predicted octanol–water partition coefficient (Wildman–Crippen LogP) is 4.40. The second kappa shape index (κ2) is 8.91. The first-order valence-corrected chi connectivity index (χ1v) is 11.6. The first kappa shape index (κ1) is 21.1. The Balaban J connectivity index is 1.53. The van der Waals surface area contributed by atoms with Crippen molar-refractivity contribution in [1.29, 1.82) is 0 Å². The number of anilines is 1. The highest BCUT2D eigenvalue weighted by atomic mass is 32.2. The van der Waals surface area contributed by atoms with Crippen LogP contribution in [-0.2, 0) is 10.0 Å². The lowest BCUT2D eigenvalue weighted by Crippen LogP contribution is -2.27. The van der Waals surface area contributed by atoms with E-state index in [1.807, 2.05) is 24.3 Å². The number of nitrogens with one attached hydrogen (secondary N) is 1. The van der Waals surface area contributed by atoms with Gasteiger partial charge >= 0.3 is 0 Å². The van der Waals surface area contributed by atoms with Crippen LogP contribution in [0.1, 0.15) is 23.2 Å². The maximum absolute atomic E-state index is 12.7. The summed E-state index contributed by atoms with van der Waals surface area (Å²) in [4.78, 5) is 13.0. The van der Waals surface area contributed by atoms with E-state index in [2.05, 4.69) is 5.32 Å². The standard InChI is InChI=1S/C24H24N2O4S/c1-30-22-9-5-8-21(17-22)25-24(27)20-7-4-6-19(16-20)18-10-12-23(13-11-18)31(28,29)26-14-2-3-15-26/h4-13,16-17H,2-3,14-15H2,1H3,(H,25,27). The fraction of sp³-hybridized carbons (Fsp3) is 0.208. The molecule has 3 aromatic carbocycles. The molecule has 0 saturated carbocycles. The Bertz CT molecular complexity index is 1180. The van der Waals surface area contributed by atoms with E-state index >= 15 is 0 Å². The van der Waals surface area contributed by atoms with Crippen LogP contribution in [0, 0.1) is 0 Å². The summed E-state index contributed by atoms with van der Waals surface area (Å²) in [7, 11) is -1.87. The number of hydrogen-bond donors (Lipinski definition) is 1. The number of rotatable bonds is 6. The fourth-order valence-corrected chi connectivity index (χ4v) is 5.16. The number of carbonyl (C=O) groups is 1. The van der Waals surface area contributed by atoms with Crippen molar-refractivity contribution in [2.45, 2.75) is 17.7 Å². The molecule has 0 atom stereocenters. The van der Waals surface area contributed by atoms with Crippen LogP contribution < -0.4 is 10.1 Å². The number of sulfonamides is 1. The Kier molecular flexibility index (Phi) is 6.06. The second-order valence-electron chi connectivity index (χ2n) is 7.40. The highest BCUT2D eigenvalue weighted by Gasteiger charge is 2.26. The maximum Gasteiger partial charge on any atom is 0.255 e. The summed E-state index contributed by atoms with van der Waals surface area (Å²) in [5.41, 5.74) is 2.83. The van der Waals surface area contributed by atoms with E-state index < -0.39 is 10.0 Å². The Hall–Kier alpha value is -3.16. The van der Waals surface area contributed by atoms with Crippen molar-refractivity contribution in [2.75, 3.05) is 25.5 Å². The summed E-state index contributed by atoms with van der Waals surface area (Å²) >= 11 is 0. The molecular weight excluding hydrogens is 412 g/mol. The molecule has 1 aliphatic heterocycles. The van der Waals surface area contributed by atoms with Gasteiger partial charge in [-0.05, 0) is 60.4 Å². The van der Waals surface area contributed by atoms with E-state index in [-0.39, 0.29) is 5.91 Å². The van der Waals surface area contributed by atoms with Gasteiger partial charge in [-0.25, -0.2) is 8.42 Å². The van der Waals surface area contributed by atoms with Gasteiger partial charge < -0.3 is 10.1 Å². The van der Waals surface area contributed by atoms with E-state index in [1.165, 1.54) is 4.31 Å². The minimum Gasteiger partial charge on any atom is -0.497 e. The first-order chi connectivity index (χ1) is 15.0. The monoisotopic (exact) mass is 436 g/mol. The normalized spacial score (nSPS) is 14.4. The third-order valence-electron chi connectivity index (χ3n) is 5.34. The summed E-state index contributed by atoms with van der Waals surface area (Å²) in [5.74, 6) is 0.429. The molecule has 1 heterocycles. The lowest BCUT2D eigenvalue weighted by Gasteiger charge is -2.15. The minimum absolute atomic E-state index is 0.233. The van der Waals surface area contributed by atoms with Crippen LogP contribution in [0.4, 0.5) is 5.69 Å². The van der Waals surface area contributed by atoms with Crippen LogP contribution >= 0.6 is 0 Å². The molecule has 6 nitrogen and oxygen atoms in total. The van der Waals surface area contributed by atoms with Crippen LogP contribution in [0.2, 0.25) is 0 Å². The van der Waals surface area contributed by atoms with Gasteiger partial charge in [-0.1, -0.05) is 30.3 Å². The molecule has 1 saturated heterocycles. The second-order valence-corrected chi connectivity index (χ2v) is 9.34. The average molecular weight is 437 g/mol. The van der Waals surface area contributed by atoms with Crippen LogP contribution in [0.25, 0.3) is 11.1 Å². The van der Waals surface area contributed by atoms with E-state index in [0.717, 1.165) is 24.0 Å². The number of hydrogen-bond acceptors (Lipinski definition) is 4. The number of carbonyl (C=O) groups excluding carboxylic acids is 1. The van der Waals surface area contributed by atoms with Gasteiger partial charge in [-0.3, -0.25) is 4.79 Å². The van der Waals surface area contributed by atoms with Gasteiger partial charge in [0.25, 0.3) is 5.91 Å². The zero-order valence-corrected chi connectivity index (χ0v) is 18.1. The van der Waals surface area contributed by atoms with Crippen LogP contribution in [0.3, 0.4) is 0 Å². The third kappa shape index (κ3) is 4.62. The molecular formula is C24H24N2O4S. The van der Waals surface area contributed by atoms with Crippen molar-refractivity contribution in [3.63, 3.8) is 0 Å². The number of amides is 1. The molecule has 0 spiro atoms. The van der Waals surface area contributed by atoms with Crippen molar-refractivity contribution in [2.24, 2.45) is 0 Å². The molecule has 1 fully saturated rings. The molecule has 3 aromatic rings. The Morgan fingerprint density at radius 3 is 2.32 bits per heavy atom. The summed E-state index contributed by atoms with van der Waals surface area (Å²) in [6.45, 7) is 1.16. The minimum atomic E-state index is -3.44. The largest absolute Gasteiger partial charge is 0.497 e. The van der Waals surface area contributed by atoms with E-state index in [1.54, 1.807) is 55.6 Å². The molecule has 1 N–H and O–H groups in total. The molecule has 0 radical (unpaired) electrons. The summed E-state index contributed by atoms with van der Waals surface area (Å²) < 4.78 is 32.1. The predicted molar refractivity (Wildman–Crippen MR) is 121 cm³/mol. The van der Waals surface area contributed by atoms with Gasteiger partial charge in [0.2, 0.25) is 10.0 Å². The zero-order valence-electron chi connectivity index (χ0n) is 17.2. The van der Waals surface area contributed by atoms with Gasteiger partial charge in [0.1, 0.15) is 5.75 Å². The average Bonchev–Trinajstić information content (AvgIpc) is 3.35. The quantitative estimate of drug-likeness (QED) is 0.621.